The molecule has 0 bridgehead atoms. The van der Waals surface area contributed by atoms with E-state index in [1.165, 1.54) is 13.2 Å². The zero-order valence-electron chi connectivity index (χ0n) is 12.9. The predicted molar refractivity (Wildman–Crippen MR) is 83.6 cm³/mol. The Morgan fingerprint density at radius 3 is 2.67 bits per heavy atom. The lowest BCUT2D eigenvalue weighted by atomic mass is 10.1. The van der Waals surface area contributed by atoms with Crippen LogP contribution in [0.1, 0.15) is 21.5 Å². The summed E-state index contributed by atoms with van der Waals surface area (Å²) in [5, 5.41) is 18.1. The highest BCUT2D eigenvalue weighted by atomic mass is 16.5. The van der Waals surface area contributed by atoms with Crippen molar-refractivity contribution in [2.75, 3.05) is 13.7 Å². The van der Waals surface area contributed by atoms with E-state index in [0.29, 0.717) is 5.56 Å². The second kappa shape index (κ2) is 7.39. The van der Waals surface area contributed by atoms with Gasteiger partial charge in [0.05, 0.1) is 32.4 Å². The first kappa shape index (κ1) is 17.2. The molecule has 1 N–H and O–H groups in total. The number of carbonyl (C=O) groups is 1. The summed E-state index contributed by atoms with van der Waals surface area (Å²) < 4.78 is 6.63. The number of nitriles is 1. The highest BCUT2D eigenvalue weighted by Gasteiger charge is 2.16. The molecule has 0 fully saturated rings. The van der Waals surface area contributed by atoms with E-state index in [4.69, 9.17) is 10.4 Å². The maximum absolute atomic E-state index is 12.4. The van der Waals surface area contributed by atoms with E-state index in [0.717, 1.165) is 15.3 Å². The van der Waals surface area contributed by atoms with Gasteiger partial charge in [-0.1, -0.05) is 18.2 Å². The van der Waals surface area contributed by atoms with Crippen molar-refractivity contribution in [3.05, 3.63) is 68.0 Å². The molecule has 0 aliphatic heterocycles. The van der Waals surface area contributed by atoms with Gasteiger partial charge >= 0.3 is 11.7 Å². The number of carbonyl (C=O) groups excluding carboxylic acids is 1. The smallest absolute Gasteiger partial charge is 0.338 e. The number of aromatic nitrogens is 2. The quantitative estimate of drug-likeness (QED) is 0.754. The van der Waals surface area contributed by atoms with Crippen LogP contribution in [0.3, 0.4) is 0 Å². The topological polar surface area (TPSA) is 114 Å². The van der Waals surface area contributed by atoms with Crippen molar-refractivity contribution in [2.45, 2.75) is 13.1 Å². The first-order chi connectivity index (χ1) is 11.5. The molecule has 0 unspecified atom stereocenters. The molecule has 124 valence electrons. The average Bonchev–Trinajstić information content (AvgIpc) is 2.60. The molecule has 0 radical (unpaired) electrons. The van der Waals surface area contributed by atoms with Crippen LogP contribution in [0, 0.1) is 11.3 Å². The molecule has 0 amide bonds. The largest absolute Gasteiger partial charge is 0.465 e. The first-order valence-corrected chi connectivity index (χ1v) is 7.05. The van der Waals surface area contributed by atoms with Crippen LogP contribution < -0.4 is 11.2 Å². The molecule has 1 aromatic heterocycles. The summed E-state index contributed by atoms with van der Waals surface area (Å²) in [6.45, 7) is -0.557. The lowest BCUT2D eigenvalue weighted by molar-refractivity contribution is 0.0599. The van der Waals surface area contributed by atoms with Crippen molar-refractivity contribution < 1.29 is 14.6 Å². The lowest BCUT2D eigenvalue weighted by Gasteiger charge is -2.12. The molecule has 8 nitrogen and oxygen atoms in total. The molecule has 2 aromatic rings. The summed E-state index contributed by atoms with van der Waals surface area (Å²) >= 11 is 0. The Labute approximate surface area is 136 Å². The van der Waals surface area contributed by atoms with Crippen molar-refractivity contribution in [3.8, 4) is 6.07 Å². The van der Waals surface area contributed by atoms with E-state index in [1.54, 1.807) is 24.3 Å². The number of hydrogen-bond acceptors (Lipinski definition) is 6. The number of benzene rings is 1. The summed E-state index contributed by atoms with van der Waals surface area (Å²) in [6.07, 6.45) is 1.11. The Morgan fingerprint density at radius 1 is 1.33 bits per heavy atom. The molecular weight excluding hydrogens is 314 g/mol. The van der Waals surface area contributed by atoms with E-state index < -0.39 is 17.2 Å². The molecule has 24 heavy (non-hydrogen) atoms. The van der Waals surface area contributed by atoms with E-state index in [1.807, 2.05) is 0 Å². The van der Waals surface area contributed by atoms with Crippen LogP contribution in [0.4, 0.5) is 0 Å². The molecule has 0 saturated carbocycles. The van der Waals surface area contributed by atoms with Crippen molar-refractivity contribution >= 4 is 5.97 Å². The van der Waals surface area contributed by atoms with Crippen LogP contribution in [0.25, 0.3) is 0 Å². The van der Waals surface area contributed by atoms with Gasteiger partial charge in [-0.15, -0.1) is 0 Å². The number of hydrogen-bond donors (Lipinski definition) is 1. The van der Waals surface area contributed by atoms with Gasteiger partial charge in [0.15, 0.2) is 0 Å². The van der Waals surface area contributed by atoms with E-state index in [9.17, 15) is 14.4 Å². The average molecular weight is 329 g/mol. The zero-order chi connectivity index (χ0) is 17.7. The van der Waals surface area contributed by atoms with Crippen molar-refractivity contribution in [1.29, 1.82) is 5.26 Å². The van der Waals surface area contributed by atoms with Crippen molar-refractivity contribution in [2.24, 2.45) is 0 Å². The van der Waals surface area contributed by atoms with Gasteiger partial charge in [0, 0.05) is 6.20 Å². The van der Waals surface area contributed by atoms with Gasteiger partial charge in [0.25, 0.3) is 5.56 Å². The summed E-state index contributed by atoms with van der Waals surface area (Å²) in [7, 11) is 1.23. The molecule has 0 aliphatic rings. The fraction of sp³-hybridized carbons (Fsp3) is 0.250. The fourth-order valence-electron chi connectivity index (χ4n) is 2.28. The van der Waals surface area contributed by atoms with Crippen LogP contribution in [-0.2, 0) is 17.8 Å². The molecule has 1 heterocycles. The van der Waals surface area contributed by atoms with Crippen LogP contribution in [0.5, 0.6) is 0 Å². The lowest BCUT2D eigenvalue weighted by Crippen LogP contribution is -2.41. The summed E-state index contributed by atoms with van der Waals surface area (Å²) in [5.74, 6) is -0.592. The number of nitrogens with zero attached hydrogens (tertiary/aromatic N) is 3. The Hall–Kier alpha value is -3.18. The summed E-state index contributed by atoms with van der Waals surface area (Å²) in [6, 6.07) is 8.13. The number of aliphatic hydroxyl groups excluding tert-OH is 1. The molecule has 2 rings (SSSR count). The van der Waals surface area contributed by atoms with E-state index >= 15 is 0 Å². The van der Waals surface area contributed by atoms with E-state index in [2.05, 4.69) is 4.74 Å². The number of methoxy groups -OCH3 is 1. The van der Waals surface area contributed by atoms with Crippen molar-refractivity contribution in [1.82, 2.24) is 9.13 Å². The molecule has 1 aromatic carbocycles. The Bertz CT molecular complexity index is 921. The first-order valence-electron chi connectivity index (χ1n) is 7.05. The van der Waals surface area contributed by atoms with Crippen molar-refractivity contribution in [3.63, 3.8) is 0 Å². The minimum Gasteiger partial charge on any atom is -0.465 e. The van der Waals surface area contributed by atoms with Gasteiger partial charge in [-0.2, -0.15) is 5.26 Å². The fourth-order valence-corrected chi connectivity index (χ4v) is 2.28. The molecule has 0 spiro atoms. The van der Waals surface area contributed by atoms with Gasteiger partial charge in [0.1, 0.15) is 11.6 Å². The zero-order valence-corrected chi connectivity index (χ0v) is 12.9. The number of ether oxygens (including phenoxy) is 1. The normalized spacial score (nSPS) is 10.2. The molecular formula is C16H15N3O5. The minimum absolute atomic E-state index is 0.0492. The maximum Gasteiger partial charge on any atom is 0.338 e. The van der Waals surface area contributed by atoms with Crippen LogP contribution in [0.15, 0.2) is 40.1 Å². The van der Waals surface area contributed by atoms with Gasteiger partial charge in [0.2, 0.25) is 0 Å². The van der Waals surface area contributed by atoms with Gasteiger partial charge in [-0.3, -0.25) is 13.9 Å². The number of aliphatic hydroxyl groups is 1. The molecule has 0 atom stereocenters. The predicted octanol–water partition coefficient (Wildman–Crippen LogP) is -0.291. The number of esters is 1. The Kier molecular flexibility index (Phi) is 5.29. The van der Waals surface area contributed by atoms with Crippen LogP contribution in [-0.4, -0.2) is 33.9 Å². The summed E-state index contributed by atoms with van der Waals surface area (Å²) in [5.41, 5.74) is -1.01. The SMILES string of the molecule is COC(=O)c1ccccc1Cn1c(=O)c(C#N)cn(CCO)c1=O. The standard InChI is InChI=1S/C16H15N3O5/c1-24-15(22)13-5-3-2-4-11(13)10-19-14(21)12(8-17)9-18(6-7-20)16(19)23/h2-5,9,20H,6-7,10H2,1H3. The molecule has 0 aliphatic carbocycles. The van der Waals surface area contributed by atoms with Gasteiger partial charge in [-0.25, -0.2) is 9.59 Å². The Balaban J connectivity index is 2.61. The molecule has 8 heteroatoms. The maximum atomic E-state index is 12.4. The monoisotopic (exact) mass is 329 g/mol. The van der Waals surface area contributed by atoms with Crippen LogP contribution in [0.2, 0.25) is 0 Å². The third-order valence-electron chi connectivity index (χ3n) is 3.45. The summed E-state index contributed by atoms with van der Waals surface area (Å²) in [4.78, 5) is 36.5. The number of rotatable bonds is 5. The highest BCUT2D eigenvalue weighted by Crippen LogP contribution is 2.10. The third-order valence-corrected chi connectivity index (χ3v) is 3.45. The highest BCUT2D eigenvalue weighted by molar-refractivity contribution is 5.90. The van der Waals surface area contributed by atoms with Crippen LogP contribution >= 0.6 is 0 Å². The minimum atomic E-state index is -0.753. The van der Waals surface area contributed by atoms with Gasteiger partial charge in [-0.05, 0) is 11.6 Å². The second-order valence-corrected chi connectivity index (χ2v) is 4.89. The molecule has 0 saturated heterocycles. The third kappa shape index (κ3) is 3.26. The second-order valence-electron chi connectivity index (χ2n) is 4.89. The van der Waals surface area contributed by atoms with E-state index in [-0.39, 0.29) is 30.8 Å². The Morgan fingerprint density at radius 2 is 2.04 bits per heavy atom. The van der Waals surface area contributed by atoms with Gasteiger partial charge < -0.3 is 9.84 Å².